The molecule has 436 valence electrons. The lowest BCUT2D eigenvalue weighted by Gasteiger charge is -2.20. The Bertz CT molecular complexity index is 1200. The van der Waals surface area contributed by atoms with Crippen LogP contribution >= 0.6 is 0 Å². The summed E-state index contributed by atoms with van der Waals surface area (Å²) in [6.45, 7) is 4.90. The molecule has 0 aliphatic rings. The third kappa shape index (κ3) is 59.3. The van der Waals surface area contributed by atoms with Gasteiger partial charge in [-0.15, -0.1) is 0 Å². The highest BCUT2D eigenvalue weighted by atomic mass is 16.5. The van der Waals surface area contributed by atoms with Crippen LogP contribution in [0.5, 0.6) is 0 Å². The molecule has 3 N–H and O–H groups in total. The Morgan fingerprint density at radius 1 is 0.365 bits per heavy atom. The summed E-state index contributed by atoms with van der Waals surface area (Å²) in [5.74, 6) is -0.0768. The highest BCUT2D eigenvalue weighted by Gasteiger charge is 2.18. The predicted octanol–water partition coefficient (Wildman–Crippen LogP) is 21.1. The van der Waals surface area contributed by atoms with Crippen LogP contribution in [0.2, 0.25) is 0 Å². The number of hydrogen-bond acceptors (Lipinski definition) is 5. The third-order valence-electron chi connectivity index (χ3n) is 15.4. The molecule has 0 rings (SSSR count). The van der Waals surface area contributed by atoms with Crippen LogP contribution < -0.4 is 5.32 Å². The Kier molecular flexibility index (Phi) is 62.0. The van der Waals surface area contributed by atoms with Gasteiger partial charge in [0, 0.05) is 12.8 Å². The number of esters is 1. The van der Waals surface area contributed by atoms with Crippen LogP contribution in [0.4, 0.5) is 0 Å². The van der Waals surface area contributed by atoms with Crippen molar-refractivity contribution in [3.8, 4) is 0 Å². The molecule has 0 saturated carbocycles. The first-order valence-corrected chi connectivity index (χ1v) is 33.3. The van der Waals surface area contributed by atoms with E-state index in [9.17, 15) is 19.8 Å². The van der Waals surface area contributed by atoms with Crippen molar-refractivity contribution in [1.82, 2.24) is 5.32 Å². The first-order valence-electron chi connectivity index (χ1n) is 33.3. The molecule has 0 aromatic rings. The summed E-state index contributed by atoms with van der Waals surface area (Å²) in [4.78, 5) is 24.5. The van der Waals surface area contributed by atoms with Gasteiger partial charge in [0.1, 0.15) is 0 Å². The molecular weight excluding hydrogens is 911 g/mol. The van der Waals surface area contributed by atoms with E-state index in [2.05, 4.69) is 43.5 Å². The quantitative estimate of drug-likeness (QED) is 0.0320. The summed E-state index contributed by atoms with van der Waals surface area (Å²) in [6, 6.07) is -0.636. The molecule has 2 atom stereocenters. The van der Waals surface area contributed by atoms with Crippen molar-refractivity contribution in [1.29, 1.82) is 0 Å². The number of rotatable bonds is 62. The normalized spacial score (nSPS) is 12.8. The molecule has 0 aromatic heterocycles. The van der Waals surface area contributed by atoms with Gasteiger partial charge in [0.15, 0.2) is 0 Å². The molecule has 0 saturated heterocycles. The molecule has 0 spiro atoms. The highest BCUT2D eigenvalue weighted by Crippen LogP contribution is 2.18. The van der Waals surface area contributed by atoms with Crippen molar-refractivity contribution in [2.24, 2.45) is 0 Å². The zero-order valence-corrected chi connectivity index (χ0v) is 49.8. The number of aliphatic hydroxyl groups is 2. The van der Waals surface area contributed by atoms with Crippen LogP contribution in [0.3, 0.4) is 0 Å². The third-order valence-corrected chi connectivity index (χ3v) is 15.4. The van der Waals surface area contributed by atoms with Gasteiger partial charge < -0.3 is 20.3 Å². The van der Waals surface area contributed by atoms with Crippen molar-refractivity contribution in [3.05, 3.63) is 36.5 Å². The summed E-state index contributed by atoms with van der Waals surface area (Å²) >= 11 is 0. The molecular formula is C68H129NO5. The van der Waals surface area contributed by atoms with Gasteiger partial charge in [-0.05, 0) is 83.5 Å². The van der Waals surface area contributed by atoms with E-state index in [1.165, 1.54) is 283 Å². The fraction of sp³-hybridized carbons (Fsp3) is 0.882. The lowest BCUT2D eigenvalue weighted by atomic mass is 10.0. The summed E-state index contributed by atoms with van der Waals surface area (Å²) in [7, 11) is 0. The average molecular weight is 1040 g/mol. The second kappa shape index (κ2) is 63.6. The summed E-state index contributed by atoms with van der Waals surface area (Å²) in [6.07, 6.45) is 80.6. The first-order chi connectivity index (χ1) is 36.5. The molecule has 74 heavy (non-hydrogen) atoms. The zero-order valence-electron chi connectivity index (χ0n) is 49.8. The molecule has 0 radical (unpaired) electrons. The van der Waals surface area contributed by atoms with Gasteiger partial charge in [-0.2, -0.15) is 0 Å². The van der Waals surface area contributed by atoms with Gasteiger partial charge in [-0.3, -0.25) is 9.59 Å². The van der Waals surface area contributed by atoms with Crippen molar-refractivity contribution in [2.45, 2.75) is 373 Å². The van der Waals surface area contributed by atoms with E-state index in [1.54, 1.807) is 6.08 Å². The number of allylic oxidation sites excluding steroid dienone is 5. The zero-order chi connectivity index (χ0) is 53.6. The van der Waals surface area contributed by atoms with E-state index in [0.29, 0.717) is 19.4 Å². The number of aliphatic hydroxyl groups excluding tert-OH is 2. The Morgan fingerprint density at radius 2 is 0.635 bits per heavy atom. The lowest BCUT2D eigenvalue weighted by molar-refractivity contribution is -0.143. The maximum Gasteiger partial charge on any atom is 0.305 e. The minimum Gasteiger partial charge on any atom is -0.466 e. The minimum absolute atomic E-state index is 0.00335. The Labute approximate surface area is 462 Å². The molecule has 2 unspecified atom stereocenters. The summed E-state index contributed by atoms with van der Waals surface area (Å²) in [5, 5.41) is 23.2. The highest BCUT2D eigenvalue weighted by molar-refractivity contribution is 5.76. The SMILES string of the molecule is CCCCCC/C=C\CCCCCCCC(=O)OCCCCCCCCCCC/C=C\CCCCCCCCCC(=O)NC(CO)C(O)/C=C/CCCCCCCCCCCCCCCCCCCCCCCC. The molecule has 0 aromatic carbocycles. The molecule has 0 aliphatic carbocycles. The van der Waals surface area contributed by atoms with Gasteiger partial charge >= 0.3 is 5.97 Å². The average Bonchev–Trinajstić information content (AvgIpc) is 3.40. The number of carbonyl (C=O) groups excluding carboxylic acids is 2. The number of amides is 1. The van der Waals surface area contributed by atoms with E-state index in [1.807, 2.05) is 6.08 Å². The Balaban J connectivity index is 3.47. The maximum absolute atomic E-state index is 12.5. The number of hydrogen-bond donors (Lipinski definition) is 3. The van der Waals surface area contributed by atoms with E-state index in [-0.39, 0.29) is 18.5 Å². The van der Waals surface area contributed by atoms with Gasteiger partial charge in [-0.25, -0.2) is 0 Å². The lowest BCUT2D eigenvalue weighted by Crippen LogP contribution is -2.45. The largest absolute Gasteiger partial charge is 0.466 e. The minimum atomic E-state index is -0.852. The van der Waals surface area contributed by atoms with E-state index < -0.39 is 12.1 Å². The number of ether oxygens (including phenoxy) is 1. The van der Waals surface area contributed by atoms with Crippen LogP contribution in [-0.4, -0.2) is 47.4 Å². The van der Waals surface area contributed by atoms with Crippen molar-refractivity contribution >= 4 is 11.9 Å². The monoisotopic (exact) mass is 1040 g/mol. The van der Waals surface area contributed by atoms with Crippen LogP contribution in [0, 0.1) is 0 Å². The van der Waals surface area contributed by atoms with E-state index in [4.69, 9.17) is 4.74 Å². The van der Waals surface area contributed by atoms with Gasteiger partial charge in [-0.1, -0.05) is 301 Å². The smallest absolute Gasteiger partial charge is 0.305 e. The standard InChI is InChI=1S/C68H129NO5/c1-3-5-7-9-11-13-15-17-18-19-20-21-22-23-24-27-30-33-37-40-44-48-52-56-60-66(71)65(64-70)69-67(72)61-57-53-49-45-41-38-34-31-28-25-26-29-32-35-39-43-47-51-55-59-63-74-68(73)62-58-54-50-46-42-36-16-14-12-10-8-6-4-2/h14,16,25,28,56,60,65-66,70-71H,3-13,15,17-24,26-27,29-55,57-59,61-64H2,1-2H3,(H,69,72)/b16-14-,28-25-,60-56+. The molecule has 6 heteroatoms. The topological polar surface area (TPSA) is 95.9 Å². The maximum atomic E-state index is 12.5. The van der Waals surface area contributed by atoms with Gasteiger partial charge in [0.2, 0.25) is 5.91 Å². The Morgan fingerprint density at radius 3 is 0.973 bits per heavy atom. The summed E-state index contributed by atoms with van der Waals surface area (Å²) < 4.78 is 5.47. The number of carbonyl (C=O) groups is 2. The molecule has 0 bridgehead atoms. The Hall–Kier alpha value is -1.92. The molecule has 6 nitrogen and oxygen atoms in total. The molecule has 0 aliphatic heterocycles. The fourth-order valence-corrected chi connectivity index (χ4v) is 10.3. The van der Waals surface area contributed by atoms with Gasteiger partial charge in [0.25, 0.3) is 0 Å². The first kappa shape index (κ1) is 72.1. The predicted molar refractivity (Wildman–Crippen MR) is 324 cm³/mol. The van der Waals surface area contributed by atoms with Crippen molar-refractivity contribution in [2.75, 3.05) is 13.2 Å². The fourth-order valence-electron chi connectivity index (χ4n) is 10.3. The van der Waals surface area contributed by atoms with Crippen LogP contribution in [0.1, 0.15) is 361 Å². The van der Waals surface area contributed by atoms with Crippen molar-refractivity contribution in [3.63, 3.8) is 0 Å². The number of nitrogens with one attached hydrogen (secondary N) is 1. The second-order valence-electron chi connectivity index (χ2n) is 22.8. The van der Waals surface area contributed by atoms with Crippen molar-refractivity contribution < 1.29 is 24.5 Å². The van der Waals surface area contributed by atoms with Crippen LogP contribution in [-0.2, 0) is 14.3 Å². The molecule has 1 amide bonds. The van der Waals surface area contributed by atoms with Gasteiger partial charge in [0.05, 0.1) is 25.4 Å². The van der Waals surface area contributed by atoms with E-state index in [0.717, 1.165) is 51.4 Å². The second-order valence-corrected chi connectivity index (χ2v) is 22.8. The van der Waals surface area contributed by atoms with Crippen LogP contribution in [0.15, 0.2) is 36.5 Å². The van der Waals surface area contributed by atoms with E-state index >= 15 is 0 Å². The number of unbranched alkanes of at least 4 members (excludes halogenated alkanes) is 47. The molecule has 0 fully saturated rings. The van der Waals surface area contributed by atoms with Crippen LogP contribution in [0.25, 0.3) is 0 Å². The molecule has 0 heterocycles. The summed E-state index contributed by atoms with van der Waals surface area (Å²) in [5.41, 5.74) is 0.